The molecule has 0 saturated heterocycles. The van der Waals surface area contributed by atoms with Crippen molar-refractivity contribution in [2.45, 2.75) is 19.4 Å². The third-order valence-corrected chi connectivity index (χ3v) is 2.26. The van der Waals surface area contributed by atoms with Gasteiger partial charge in [-0.1, -0.05) is 0 Å². The highest BCUT2D eigenvalue weighted by molar-refractivity contribution is 5.71. The van der Waals surface area contributed by atoms with Gasteiger partial charge in [-0.05, 0) is 19.9 Å². The third-order valence-electron chi connectivity index (χ3n) is 2.26. The van der Waals surface area contributed by atoms with Crippen LogP contribution < -0.4 is 0 Å². The molecule has 2 heterocycles. The molecule has 0 aliphatic carbocycles. The Morgan fingerprint density at radius 2 is 2.07 bits per heavy atom. The topological polar surface area (TPSA) is 50.9 Å². The molecule has 4 heteroatoms. The quantitative estimate of drug-likeness (QED) is 0.736. The Morgan fingerprint density at radius 1 is 1.36 bits per heavy atom. The first kappa shape index (κ1) is 9.15. The van der Waals surface area contributed by atoms with Crippen LogP contribution in [0.1, 0.15) is 19.4 Å². The van der Waals surface area contributed by atoms with Crippen LogP contribution in [0.2, 0.25) is 0 Å². The van der Waals surface area contributed by atoms with Gasteiger partial charge >= 0.3 is 0 Å². The van der Waals surface area contributed by atoms with Gasteiger partial charge in [0.2, 0.25) is 0 Å². The van der Waals surface area contributed by atoms with Crippen LogP contribution in [0.4, 0.5) is 0 Å². The molecular weight excluding hydrogens is 178 g/mol. The van der Waals surface area contributed by atoms with Gasteiger partial charge in [-0.2, -0.15) is 0 Å². The summed E-state index contributed by atoms with van der Waals surface area (Å²) in [5.74, 6) is 0. The minimum absolute atomic E-state index is 0.781. The van der Waals surface area contributed by atoms with Gasteiger partial charge in [0.15, 0.2) is 5.65 Å². The minimum Gasteiger partial charge on any atom is -0.386 e. The van der Waals surface area contributed by atoms with E-state index < -0.39 is 5.60 Å². The number of aryl methyl sites for hydroxylation is 1. The predicted octanol–water partition coefficient (Wildman–Crippen LogP) is 1.20. The number of rotatable bonds is 1. The van der Waals surface area contributed by atoms with Gasteiger partial charge in [-0.3, -0.25) is 0 Å². The lowest BCUT2D eigenvalue weighted by molar-refractivity contribution is 0.0784. The molecule has 2 rings (SSSR count). The van der Waals surface area contributed by atoms with Crippen LogP contribution in [0, 0.1) is 0 Å². The summed E-state index contributed by atoms with van der Waals surface area (Å²) < 4.78 is 1.85. The van der Waals surface area contributed by atoms with Crippen molar-refractivity contribution in [2.75, 3.05) is 0 Å². The summed E-state index contributed by atoms with van der Waals surface area (Å²) in [6, 6.07) is 1.86. The van der Waals surface area contributed by atoms with Crippen LogP contribution >= 0.6 is 0 Å². The van der Waals surface area contributed by atoms with Crippen LogP contribution in [-0.4, -0.2) is 19.6 Å². The third kappa shape index (κ3) is 1.37. The van der Waals surface area contributed by atoms with E-state index in [2.05, 4.69) is 9.97 Å². The average Bonchev–Trinajstić information content (AvgIpc) is 2.46. The molecule has 0 aliphatic rings. The van der Waals surface area contributed by atoms with Crippen LogP contribution in [0.15, 0.2) is 18.6 Å². The number of aromatic nitrogens is 3. The highest BCUT2D eigenvalue weighted by Crippen LogP contribution is 2.21. The first-order chi connectivity index (χ1) is 6.48. The summed E-state index contributed by atoms with van der Waals surface area (Å²) in [4.78, 5) is 8.43. The second kappa shape index (κ2) is 2.78. The molecule has 14 heavy (non-hydrogen) atoms. The molecule has 0 spiro atoms. The van der Waals surface area contributed by atoms with Gasteiger partial charge in [0.05, 0.1) is 11.9 Å². The van der Waals surface area contributed by atoms with Crippen molar-refractivity contribution in [3.8, 4) is 0 Å². The van der Waals surface area contributed by atoms with E-state index in [1.165, 1.54) is 0 Å². The minimum atomic E-state index is -0.862. The first-order valence-electron chi connectivity index (χ1n) is 4.48. The summed E-state index contributed by atoms with van der Waals surface area (Å²) in [5, 5.41) is 9.78. The zero-order chi connectivity index (χ0) is 10.3. The molecule has 74 valence electrons. The molecule has 0 atom stereocenters. The maximum atomic E-state index is 9.78. The second-order valence-electron chi connectivity index (χ2n) is 3.98. The summed E-state index contributed by atoms with van der Waals surface area (Å²) in [6.45, 7) is 3.47. The molecule has 0 aromatic carbocycles. The van der Waals surface area contributed by atoms with Crippen LogP contribution in [0.5, 0.6) is 0 Å². The summed E-state index contributed by atoms with van der Waals surface area (Å²) in [7, 11) is 1.89. The van der Waals surface area contributed by atoms with Crippen LogP contribution in [-0.2, 0) is 12.6 Å². The molecule has 0 radical (unpaired) electrons. The second-order valence-corrected chi connectivity index (χ2v) is 3.98. The van der Waals surface area contributed by atoms with Crippen LogP contribution in [0.3, 0.4) is 0 Å². The van der Waals surface area contributed by atoms with Crippen molar-refractivity contribution < 1.29 is 5.11 Å². The largest absolute Gasteiger partial charge is 0.386 e. The molecule has 1 N–H and O–H groups in total. The summed E-state index contributed by atoms with van der Waals surface area (Å²) in [5.41, 5.74) is 1.56. The van der Waals surface area contributed by atoms with Crippen molar-refractivity contribution in [3.05, 3.63) is 24.2 Å². The molecule has 2 aromatic rings. The van der Waals surface area contributed by atoms with Gasteiger partial charge in [0, 0.05) is 18.8 Å². The smallest absolute Gasteiger partial charge is 0.159 e. The Kier molecular flexibility index (Phi) is 1.82. The van der Waals surface area contributed by atoms with E-state index in [1.807, 2.05) is 17.7 Å². The number of imidazole rings is 1. The van der Waals surface area contributed by atoms with E-state index in [0.717, 1.165) is 16.7 Å². The number of hydrogen-bond acceptors (Lipinski definition) is 3. The molecule has 0 saturated carbocycles. The highest BCUT2D eigenvalue weighted by atomic mass is 16.3. The monoisotopic (exact) mass is 191 g/mol. The zero-order valence-electron chi connectivity index (χ0n) is 8.52. The summed E-state index contributed by atoms with van der Waals surface area (Å²) in [6.07, 6.45) is 3.40. The lowest BCUT2D eigenvalue weighted by Crippen LogP contribution is -2.15. The van der Waals surface area contributed by atoms with Gasteiger partial charge < -0.3 is 9.67 Å². The molecule has 0 fully saturated rings. The fourth-order valence-corrected chi connectivity index (χ4v) is 1.35. The van der Waals surface area contributed by atoms with Crippen molar-refractivity contribution in [3.63, 3.8) is 0 Å². The number of aliphatic hydroxyl groups is 1. The lowest BCUT2D eigenvalue weighted by atomic mass is 10.0. The first-order valence-corrected chi connectivity index (χ1v) is 4.48. The number of fused-ring (bicyclic) bond motifs is 1. The molecule has 4 nitrogen and oxygen atoms in total. The molecule has 0 aliphatic heterocycles. The van der Waals surface area contributed by atoms with E-state index >= 15 is 0 Å². The maximum Gasteiger partial charge on any atom is 0.159 e. The maximum absolute atomic E-state index is 9.78. The van der Waals surface area contributed by atoms with Crippen molar-refractivity contribution in [1.82, 2.24) is 14.5 Å². The fourth-order valence-electron chi connectivity index (χ4n) is 1.35. The standard InChI is InChI=1S/C10H13N3O/c1-10(2,14)7-4-8-9(11-5-7)13(3)6-12-8/h4-6,14H,1-3H3. The SMILES string of the molecule is Cn1cnc2cc(C(C)(C)O)cnc21. The predicted molar refractivity (Wildman–Crippen MR) is 53.8 cm³/mol. The normalized spacial score (nSPS) is 12.3. The number of hydrogen-bond donors (Lipinski definition) is 1. The van der Waals surface area contributed by atoms with Gasteiger partial charge in [0.25, 0.3) is 0 Å². The van der Waals surface area contributed by atoms with Crippen molar-refractivity contribution >= 4 is 11.2 Å². The highest BCUT2D eigenvalue weighted by Gasteiger charge is 2.17. The molecule has 0 amide bonds. The zero-order valence-corrected chi connectivity index (χ0v) is 8.52. The van der Waals surface area contributed by atoms with E-state index in [1.54, 1.807) is 26.4 Å². The Hall–Kier alpha value is -1.42. The molecule has 0 bridgehead atoms. The van der Waals surface area contributed by atoms with Crippen LogP contribution in [0.25, 0.3) is 11.2 Å². The number of nitrogens with zero attached hydrogens (tertiary/aromatic N) is 3. The fraction of sp³-hybridized carbons (Fsp3) is 0.400. The summed E-state index contributed by atoms with van der Waals surface area (Å²) >= 11 is 0. The van der Waals surface area contributed by atoms with Gasteiger partial charge in [-0.25, -0.2) is 9.97 Å². The Balaban J connectivity index is 2.63. The van der Waals surface area contributed by atoms with E-state index in [4.69, 9.17) is 0 Å². The molecular formula is C10H13N3O. The van der Waals surface area contributed by atoms with Gasteiger partial charge in [0.1, 0.15) is 5.52 Å². The molecule has 0 unspecified atom stereocenters. The van der Waals surface area contributed by atoms with Gasteiger partial charge in [-0.15, -0.1) is 0 Å². The Labute approximate surface area is 82.2 Å². The van der Waals surface area contributed by atoms with E-state index in [-0.39, 0.29) is 0 Å². The van der Waals surface area contributed by atoms with E-state index in [9.17, 15) is 5.11 Å². The van der Waals surface area contributed by atoms with E-state index in [0.29, 0.717) is 0 Å². The van der Waals surface area contributed by atoms with Crippen molar-refractivity contribution in [1.29, 1.82) is 0 Å². The number of pyridine rings is 1. The Bertz CT molecular complexity index is 468. The average molecular weight is 191 g/mol. The van der Waals surface area contributed by atoms with Crippen molar-refractivity contribution in [2.24, 2.45) is 7.05 Å². The lowest BCUT2D eigenvalue weighted by Gasteiger charge is -2.16. The Morgan fingerprint density at radius 3 is 2.71 bits per heavy atom. The molecule has 2 aromatic heterocycles.